The summed E-state index contributed by atoms with van der Waals surface area (Å²) in [5.41, 5.74) is 4.83. The van der Waals surface area contributed by atoms with E-state index in [2.05, 4.69) is 121 Å². The van der Waals surface area contributed by atoms with Crippen LogP contribution in [0.4, 0.5) is 0 Å². The Kier molecular flexibility index (Phi) is 4.57. The SMILES string of the molecule is C=C/C=c1\c(=C/C)n(-c2ccc(-c3ccc4ccccc4c3)cc2)c2ccccc12. The van der Waals surface area contributed by atoms with Crippen LogP contribution in [0.1, 0.15) is 6.92 Å². The van der Waals surface area contributed by atoms with Gasteiger partial charge in [-0.15, -0.1) is 0 Å². The Hall–Kier alpha value is -3.84. The highest BCUT2D eigenvalue weighted by Crippen LogP contribution is 2.26. The summed E-state index contributed by atoms with van der Waals surface area (Å²) in [6.07, 6.45) is 6.13. The van der Waals surface area contributed by atoms with E-state index < -0.39 is 0 Å². The molecule has 0 unspecified atom stereocenters. The normalized spacial score (nSPS) is 12.7. The molecule has 1 heteroatoms. The van der Waals surface area contributed by atoms with Crippen molar-refractivity contribution in [1.29, 1.82) is 0 Å². The van der Waals surface area contributed by atoms with Gasteiger partial charge >= 0.3 is 0 Å². The van der Waals surface area contributed by atoms with Crippen LogP contribution in [0.15, 0.2) is 104 Å². The molecule has 0 bridgehead atoms. The minimum absolute atomic E-state index is 1.16. The highest BCUT2D eigenvalue weighted by molar-refractivity contribution is 5.88. The van der Waals surface area contributed by atoms with Gasteiger partial charge in [0.15, 0.2) is 0 Å². The zero-order valence-electron chi connectivity index (χ0n) is 17.0. The molecule has 0 saturated carbocycles. The highest BCUT2D eigenvalue weighted by Gasteiger charge is 2.09. The monoisotopic (exact) mass is 385 g/mol. The number of allylic oxidation sites excluding steroid dienone is 1. The lowest BCUT2D eigenvalue weighted by molar-refractivity contribution is 1.07. The Balaban J connectivity index is 1.67. The van der Waals surface area contributed by atoms with Gasteiger partial charge in [-0.3, -0.25) is 0 Å². The number of rotatable bonds is 3. The summed E-state index contributed by atoms with van der Waals surface area (Å²) in [5.74, 6) is 0. The Morgan fingerprint density at radius 2 is 1.43 bits per heavy atom. The fourth-order valence-corrected chi connectivity index (χ4v) is 4.31. The van der Waals surface area contributed by atoms with Gasteiger partial charge in [-0.05, 0) is 53.1 Å². The van der Waals surface area contributed by atoms with E-state index in [1.165, 1.54) is 43.4 Å². The Labute approximate surface area is 176 Å². The van der Waals surface area contributed by atoms with Crippen molar-refractivity contribution >= 4 is 33.8 Å². The topological polar surface area (TPSA) is 4.93 Å². The second-order valence-electron chi connectivity index (χ2n) is 7.45. The third-order valence-corrected chi connectivity index (χ3v) is 5.72. The van der Waals surface area contributed by atoms with Crippen molar-refractivity contribution in [2.75, 3.05) is 0 Å². The average Bonchev–Trinajstić information content (AvgIpc) is 3.12. The molecule has 5 aromatic rings. The molecule has 0 saturated heterocycles. The summed E-state index contributed by atoms with van der Waals surface area (Å²) in [4.78, 5) is 0. The van der Waals surface area contributed by atoms with E-state index in [9.17, 15) is 0 Å². The van der Waals surface area contributed by atoms with Gasteiger partial charge in [0, 0.05) is 21.6 Å². The summed E-state index contributed by atoms with van der Waals surface area (Å²) in [5, 5.41) is 6.18. The first-order valence-corrected chi connectivity index (χ1v) is 10.3. The molecule has 1 heterocycles. The molecule has 4 aromatic carbocycles. The number of fused-ring (bicyclic) bond motifs is 2. The number of nitrogens with zero attached hydrogens (tertiary/aromatic N) is 1. The zero-order valence-corrected chi connectivity index (χ0v) is 17.0. The average molecular weight is 386 g/mol. The van der Waals surface area contributed by atoms with Gasteiger partial charge < -0.3 is 4.57 Å². The van der Waals surface area contributed by atoms with Gasteiger partial charge in [-0.25, -0.2) is 0 Å². The summed E-state index contributed by atoms with van der Waals surface area (Å²) < 4.78 is 2.33. The molecule has 5 rings (SSSR count). The van der Waals surface area contributed by atoms with E-state index in [4.69, 9.17) is 0 Å². The quantitative estimate of drug-likeness (QED) is 0.347. The van der Waals surface area contributed by atoms with Crippen LogP contribution in [0.3, 0.4) is 0 Å². The molecular weight excluding hydrogens is 362 g/mol. The maximum atomic E-state index is 3.91. The summed E-state index contributed by atoms with van der Waals surface area (Å²) in [7, 11) is 0. The van der Waals surface area contributed by atoms with Crippen LogP contribution in [0, 0.1) is 0 Å². The summed E-state index contributed by atoms with van der Waals surface area (Å²) in [6, 6.07) is 32.5. The number of aromatic nitrogens is 1. The lowest BCUT2D eigenvalue weighted by Gasteiger charge is -2.09. The smallest absolute Gasteiger partial charge is 0.0540 e. The van der Waals surface area contributed by atoms with Crippen LogP contribution in [0.5, 0.6) is 0 Å². The van der Waals surface area contributed by atoms with Crippen LogP contribution in [-0.2, 0) is 0 Å². The van der Waals surface area contributed by atoms with E-state index in [1.54, 1.807) is 0 Å². The van der Waals surface area contributed by atoms with Crippen LogP contribution in [0.2, 0.25) is 0 Å². The summed E-state index contributed by atoms with van der Waals surface area (Å²) in [6.45, 7) is 6.00. The minimum Gasteiger partial charge on any atom is -0.310 e. The molecule has 0 radical (unpaired) electrons. The molecule has 0 aliphatic rings. The van der Waals surface area contributed by atoms with Crippen molar-refractivity contribution in [2.24, 2.45) is 0 Å². The number of hydrogen-bond donors (Lipinski definition) is 0. The maximum Gasteiger partial charge on any atom is 0.0540 e. The van der Waals surface area contributed by atoms with Crippen LogP contribution >= 0.6 is 0 Å². The predicted octanol–water partition coefficient (Wildman–Crippen LogP) is 6.22. The Morgan fingerprint density at radius 1 is 0.733 bits per heavy atom. The predicted molar refractivity (Wildman–Crippen MR) is 130 cm³/mol. The van der Waals surface area contributed by atoms with E-state index >= 15 is 0 Å². The molecule has 0 amide bonds. The third kappa shape index (κ3) is 2.96. The van der Waals surface area contributed by atoms with Crippen LogP contribution in [-0.4, -0.2) is 4.57 Å². The molecule has 1 nitrogen and oxygen atoms in total. The zero-order chi connectivity index (χ0) is 20.5. The van der Waals surface area contributed by atoms with Crippen molar-refractivity contribution in [1.82, 2.24) is 4.57 Å². The standard InChI is InChI=1S/C29H23N/c1-3-9-26-27-12-7-8-13-29(27)30(28(26)4-2)25-18-16-22(17-19-25)24-15-14-21-10-5-6-11-23(21)20-24/h3-20H,1H2,2H3/b26-9-,28-4+. The molecule has 0 fully saturated rings. The number of para-hydroxylation sites is 1. The van der Waals surface area contributed by atoms with E-state index in [1.807, 2.05) is 6.08 Å². The van der Waals surface area contributed by atoms with Crippen molar-refractivity contribution in [3.63, 3.8) is 0 Å². The first kappa shape index (κ1) is 18.2. The molecule has 0 atom stereocenters. The maximum absolute atomic E-state index is 3.91. The third-order valence-electron chi connectivity index (χ3n) is 5.72. The largest absolute Gasteiger partial charge is 0.310 e. The highest BCUT2D eigenvalue weighted by atomic mass is 15.0. The molecule has 30 heavy (non-hydrogen) atoms. The van der Waals surface area contributed by atoms with Crippen LogP contribution in [0.25, 0.3) is 50.6 Å². The van der Waals surface area contributed by atoms with Gasteiger partial charge in [0.2, 0.25) is 0 Å². The molecule has 0 spiro atoms. The van der Waals surface area contributed by atoms with E-state index in [0.717, 1.165) is 5.69 Å². The van der Waals surface area contributed by atoms with Gasteiger partial charge in [0.05, 0.1) is 5.52 Å². The van der Waals surface area contributed by atoms with Crippen molar-refractivity contribution in [2.45, 2.75) is 6.92 Å². The Morgan fingerprint density at radius 3 is 2.20 bits per heavy atom. The number of hydrogen-bond acceptors (Lipinski definition) is 0. The van der Waals surface area contributed by atoms with Gasteiger partial charge in [0.1, 0.15) is 0 Å². The van der Waals surface area contributed by atoms with E-state index in [-0.39, 0.29) is 0 Å². The molecule has 0 aliphatic carbocycles. The van der Waals surface area contributed by atoms with Gasteiger partial charge in [0.25, 0.3) is 0 Å². The van der Waals surface area contributed by atoms with Gasteiger partial charge in [-0.2, -0.15) is 0 Å². The van der Waals surface area contributed by atoms with Gasteiger partial charge in [-0.1, -0.05) is 91.5 Å². The van der Waals surface area contributed by atoms with Crippen molar-refractivity contribution in [3.05, 3.63) is 114 Å². The molecule has 1 aromatic heterocycles. The lowest BCUT2D eigenvalue weighted by Crippen LogP contribution is -2.27. The molecule has 144 valence electrons. The van der Waals surface area contributed by atoms with E-state index in [0.29, 0.717) is 0 Å². The summed E-state index contributed by atoms with van der Waals surface area (Å²) >= 11 is 0. The number of benzene rings is 4. The molecule has 0 aliphatic heterocycles. The molecular formula is C29H23N. The first-order chi connectivity index (χ1) is 14.8. The fourth-order valence-electron chi connectivity index (χ4n) is 4.31. The lowest BCUT2D eigenvalue weighted by atomic mass is 10.0. The van der Waals surface area contributed by atoms with Crippen molar-refractivity contribution in [3.8, 4) is 16.8 Å². The second kappa shape index (κ2) is 7.53. The fraction of sp³-hybridized carbons (Fsp3) is 0.0345. The molecule has 0 N–H and O–H groups in total. The second-order valence-corrected chi connectivity index (χ2v) is 7.45. The van der Waals surface area contributed by atoms with Crippen molar-refractivity contribution < 1.29 is 0 Å². The Bertz CT molecular complexity index is 1500. The minimum atomic E-state index is 1.16. The first-order valence-electron chi connectivity index (χ1n) is 10.3. The van der Waals surface area contributed by atoms with Crippen LogP contribution < -0.4 is 10.6 Å².